The molecule has 0 aromatic carbocycles. The van der Waals surface area contributed by atoms with Gasteiger partial charge in [-0.25, -0.2) is 4.98 Å². The number of piperidine rings is 1. The van der Waals surface area contributed by atoms with Gasteiger partial charge in [0.15, 0.2) is 0 Å². The molecule has 1 unspecified atom stereocenters. The highest BCUT2D eigenvalue weighted by molar-refractivity contribution is 6.06. The summed E-state index contributed by atoms with van der Waals surface area (Å²) in [4.78, 5) is 17.5. The Morgan fingerprint density at radius 2 is 2.27 bits per heavy atom. The molecule has 1 aliphatic heterocycles. The summed E-state index contributed by atoms with van der Waals surface area (Å²) >= 11 is 0. The fraction of sp³-hybridized carbons (Fsp3) is 0.650. The van der Waals surface area contributed by atoms with Gasteiger partial charge in [0.2, 0.25) is 0 Å². The van der Waals surface area contributed by atoms with Crippen molar-refractivity contribution in [2.24, 2.45) is 5.92 Å². The number of nitrogens with zero attached hydrogens (tertiary/aromatic N) is 2. The van der Waals surface area contributed by atoms with Gasteiger partial charge in [-0.2, -0.15) is 0 Å². The van der Waals surface area contributed by atoms with Gasteiger partial charge in [-0.05, 0) is 63.6 Å². The largest absolute Gasteiger partial charge is 0.352 e. The van der Waals surface area contributed by atoms with Crippen molar-refractivity contribution < 1.29 is 9.32 Å². The summed E-state index contributed by atoms with van der Waals surface area (Å²) in [5, 5.41) is 11.5. The Morgan fingerprint density at radius 3 is 3.00 bits per heavy atom. The number of amides is 1. The van der Waals surface area contributed by atoms with E-state index in [1.54, 1.807) is 0 Å². The molecule has 4 rings (SSSR count). The lowest BCUT2D eigenvalue weighted by molar-refractivity contribution is 0.0952. The number of hydrogen-bond donors (Lipinski definition) is 2. The van der Waals surface area contributed by atoms with Crippen molar-refractivity contribution in [1.29, 1.82) is 0 Å². The summed E-state index contributed by atoms with van der Waals surface area (Å²) in [5.41, 5.74) is 3.01. The number of pyridine rings is 1. The topological polar surface area (TPSA) is 80.0 Å². The number of carbonyl (C=O) groups is 1. The van der Waals surface area contributed by atoms with Gasteiger partial charge >= 0.3 is 0 Å². The maximum atomic E-state index is 12.9. The molecule has 0 spiro atoms. The minimum absolute atomic E-state index is 0.0244. The molecule has 2 aromatic heterocycles. The molecule has 1 saturated carbocycles. The molecule has 2 aromatic rings. The van der Waals surface area contributed by atoms with E-state index < -0.39 is 0 Å². The third kappa shape index (κ3) is 3.75. The summed E-state index contributed by atoms with van der Waals surface area (Å²) in [5.74, 6) is 1.11. The zero-order valence-corrected chi connectivity index (χ0v) is 15.5. The maximum Gasteiger partial charge on any atom is 0.259 e. The second-order valence-corrected chi connectivity index (χ2v) is 7.69. The van der Waals surface area contributed by atoms with Gasteiger partial charge in [0.1, 0.15) is 0 Å². The highest BCUT2D eigenvalue weighted by Crippen LogP contribution is 2.40. The van der Waals surface area contributed by atoms with E-state index in [1.165, 1.54) is 12.8 Å². The van der Waals surface area contributed by atoms with Crippen LogP contribution in [-0.4, -0.2) is 35.7 Å². The first kappa shape index (κ1) is 17.5. The van der Waals surface area contributed by atoms with Crippen molar-refractivity contribution in [1.82, 2.24) is 20.8 Å². The van der Waals surface area contributed by atoms with Crippen LogP contribution >= 0.6 is 0 Å². The molecule has 1 saturated heterocycles. The van der Waals surface area contributed by atoms with Crippen LogP contribution in [0.5, 0.6) is 0 Å². The van der Waals surface area contributed by atoms with E-state index in [1.807, 2.05) is 6.07 Å². The first-order valence-electron chi connectivity index (χ1n) is 10.0. The van der Waals surface area contributed by atoms with Crippen LogP contribution in [0, 0.1) is 5.92 Å². The molecule has 6 heteroatoms. The fourth-order valence-corrected chi connectivity index (χ4v) is 3.86. The van der Waals surface area contributed by atoms with Crippen molar-refractivity contribution in [2.75, 3.05) is 19.6 Å². The standard InChI is InChI=1S/C20H28N4O2/c1-2-4-16-18-15(11-17(14-6-7-14)23-20(18)26-24-16)19(25)22-10-8-13-5-3-9-21-12-13/h11,13-14,21H,2-10,12H2,1H3,(H,22,25). The van der Waals surface area contributed by atoms with Gasteiger partial charge in [0.05, 0.1) is 16.6 Å². The third-order valence-corrected chi connectivity index (χ3v) is 5.50. The molecule has 2 aliphatic rings. The monoisotopic (exact) mass is 356 g/mol. The molecular weight excluding hydrogens is 328 g/mol. The normalized spacial score (nSPS) is 20.4. The van der Waals surface area contributed by atoms with Gasteiger partial charge in [0, 0.05) is 18.2 Å². The minimum atomic E-state index is -0.0244. The zero-order valence-electron chi connectivity index (χ0n) is 15.5. The number of carbonyl (C=O) groups excluding carboxylic acids is 1. The van der Waals surface area contributed by atoms with Crippen molar-refractivity contribution in [3.63, 3.8) is 0 Å². The summed E-state index contributed by atoms with van der Waals surface area (Å²) < 4.78 is 5.46. The molecule has 2 fully saturated rings. The number of rotatable bonds is 7. The van der Waals surface area contributed by atoms with E-state index in [0.717, 1.165) is 62.0 Å². The lowest BCUT2D eigenvalue weighted by Crippen LogP contribution is -2.33. The SMILES string of the molecule is CCCc1noc2nc(C3CC3)cc(C(=O)NCCC3CCCNC3)c12. The van der Waals surface area contributed by atoms with E-state index in [4.69, 9.17) is 4.52 Å². The van der Waals surface area contributed by atoms with Crippen LogP contribution in [0.25, 0.3) is 11.1 Å². The van der Waals surface area contributed by atoms with Gasteiger partial charge < -0.3 is 15.2 Å². The molecule has 1 atom stereocenters. The molecular formula is C20H28N4O2. The Bertz CT molecular complexity index is 775. The van der Waals surface area contributed by atoms with Gasteiger partial charge in [0.25, 0.3) is 11.6 Å². The van der Waals surface area contributed by atoms with E-state index in [2.05, 4.69) is 27.7 Å². The zero-order chi connectivity index (χ0) is 17.9. The van der Waals surface area contributed by atoms with Crippen LogP contribution < -0.4 is 10.6 Å². The molecule has 0 bridgehead atoms. The lowest BCUT2D eigenvalue weighted by atomic mass is 9.96. The Morgan fingerprint density at radius 1 is 1.38 bits per heavy atom. The van der Waals surface area contributed by atoms with Crippen LogP contribution in [-0.2, 0) is 6.42 Å². The van der Waals surface area contributed by atoms with Crippen molar-refractivity contribution in [2.45, 2.75) is 57.8 Å². The molecule has 140 valence electrons. The Balaban J connectivity index is 1.52. The second-order valence-electron chi connectivity index (χ2n) is 7.69. The minimum Gasteiger partial charge on any atom is -0.352 e. The van der Waals surface area contributed by atoms with Crippen molar-refractivity contribution >= 4 is 17.0 Å². The van der Waals surface area contributed by atoms with Crippen LogP contribution in [0.2, 0.25) is 0 Å². The van der Waals surface area contributed by atoms with Crippen LogP contribution in [0.1, 0.15) is 73.1 Å². The predicted octanol–water partition coefficient (Wildman–Crippen LogP) is 3.17. The second kappa shape index (κ2) is 7.74. The average Bonchev–Trinajstić information content (AvgIpc) is 3.44. The molecule has 1 amide bonds. The summed E-state index contributed by atoms with van der Waals surface area (Å²) in [6.07, 6.45) is 7.55. The highest BCUT2D eigenvalue weighted by Gasteiger charge is 2.29. The smallest absolute Gasteiger partial charge is 0.259 e. The van der Waals surface area contributed by atoms with Crippen LogP contribution in [0.15, 0.2) is 10.6 Å². The number of aryl methyl sites for hydroxylation is 1. The van der Waals surface area contributed by atoms with Gasteiger partial charge in [-0.15, -0.1) is 0 Å². The summed E-state index contributed by atoms with van der Waals surface area (Å²) in [6, 6.07) is 1.97. The third-order valence-electron chi connectivity index (χ3n) is 5.50. The average molecular weight is 356 g/mol. The number of fused-ring (bicyclic) bond motifs is 1. The van der Waals surface area contributed by atoms with E-state index in [9.17, 15) is 4.79 Å². The Labute approximate surface area is 154 Å². The van der Waals surface area contributed by atoms with E-state index >= 15 is 0 Å². The van der Waals surface area contributed by atoms with E-state index in [0.29, 0.717) is 29.7 Å². The predicted molar refractivity (Wildman–Crippen MR) is 100 cm³/mol. The van der Waals surface area contributed by atoms with Crippen molar-refractivity contribution in [3.05, 3.63) is 23.0 Å². The number of aromatic nitrogens is 2. The number of nitrogens with one attached hydrogen (secondary N) is 2. The first-order valence-corrected chi connectivity index (χ1v) is 10.0. The maximum absolute atomic E-state index is 12.9. The molecule has 3 heterocycles. The highest BCUT2D eigenvalue weighted by atomic mass is 16.5. The Hall–Kier alpha value is -1.95. The molecule has 6 nitrogen and oxygen atoms in total. The molecule has 2 N–H and O–H groups in total. The van der Waals surface area contributed by atoms with E-state index in [-0.39, 0.29) is 5.91 Å². The van der Waals surface area contributed by atoms with Crippen molar-refractivity contribution in [3.8, 4) is 0 Å². The summed E-state index contributed by atoms with van der Waals surface area (Å²) in [6.45, 7) is 5.00. The first-order chi connectivity index (χ1) is 12.8. The lowest BCUT2D eigenvalue weighted by Gasteiger charge is -2.22. The van der Waals surface area contributed by atoms with Gasteiger partial charge in [-0.1, -0.05) is 18.5 Å². The van der Waals surface area contributed by atoms with Crippen LogP contribution in [0.4, 0.5) is 0 Å². The number of hydrogen-bond acceptors (Lipinski definition) is 5. The Kier molecular flexibility index (Phi) is 5.20. The van der Waals surface area contributed by atoms with Crippen LogP contribution in [0.3, 0.4) is 0 Å². The van der Waals surface area contributed by atoms with Gasteiger partial charge in [-0.3, -0.25) is 4.79 Å². The fourth-order valence-electron chi connectivity index (χ4n) is 3.86. The molecule has 0 radical (unpaired) electrons. The quantitative estimate of drug-likeness (QED) is 0.796. The molecule has 1 aliphatic carbocycles. The molecule has 26 heavy (non-hydrogen) atoms. The summed E-state index contributed by atoms with van der Waals surface area (Å²) in [7, 11) is 0.